The third kappa shape index (κ3) is 4.13. The Labute approximate surface area is 119 Å². The van der Waals surface area contributed by atoms with Crippen LogP contribution in [0.1, 0.15) is 30.6 Å². The minimum absolute atomic E-state index is 0.0401. The van der Waals surface area contributed by atoms with Crippen LogP contribution in [0, 0.1) is 5.92 Å². The first kappa shape index (κ1) is 16.3. The monoisotopic (exact) mass is 281 g/mol. The third-order valence-electron chi connectivity index (χ3n) is 3.21. The van der Waals surface area contributed by atoms with Crippen LogP contribution in [0.3, 0.4) is 0 Å². The summed E-state index contributed by atoms with van der Waals surface area (Å²) in [4.78, 5) is 12.4. The van der Waals surface area contributed by atoms with Gasteiger partial charge in [-0.25, -0.2) is 0 Å². The lowest BCUT2D eigenvalue weighted by Gasteiger charge is -2.22. The maximum Gasteiger partial charge on any atom is 0.255 e. The molecule has 112 valence electrons. The molecule has 0 saturated carbocycles. The fraction of sp³-hybridized carbons (Fsp3) is 0.533. The summed E-state index contributed by atoms with van der Waals surface area (Å²) in [6.45, 7) is 4.05. The quantitative estimate of drug-likeness (QED) is 0.800. The first-order valence-corrected chi connectivity index (χ1v) is 6.67. The Bertz CT molecular complexity index is 445. The maximum atomic E-state index is 12.4. The highest BCUT2D eigenvalue weighted by atomic mass is 16.5. The van der Waals surface area contributed by atoms with E-state index in [2.05, 4.69) is 5.32 Å². The Hall–Kier alpha value is -1.75. The van der Waals surface area contributed by atoms with Crippen molar-refractivity contribution in [3.05, 3.63) is 23.8 Å². The molecule has 1 aromatic carbocycles. The Morgan fingerprint density at radius 2 is 2.00 bits per heavy atom. The lowest BCUT2D eigenvalue weighted by atomic mass is 10.0. The molecule has 1 amide bonds. The summed E-state index contributed by atoms with van der Waals surface area (Å²) in [7, 11) is 3.07. The molecule has 20 heavy (non-hydrogen) atoms. The standard InChI is InChI=1S/C15H23NO4/c1-10(2)13(7-8-17)16-15(18)12-9-11(19-3)5-6-14(12)20-4/h5-6,9-10,13,17H,7-8H2,1-4H3,(H,16,18). The number of hydrogen-bond donors (Lipinski definition) is 2. The van der Waals surface area contributed by atoms with Gasteiger partial charge in [0.25, 0.3) is 5.91 Å². The summed E-state index contributed by atoms with van der Waals surface area (Å²) in [5.41, 5.74) is 0.426. The zero-order valence-electron chi connectivity index (χ0n) is 12.5. The normalized spacial score (nSPS) is 12.1. The van der Waals surface area contributed by atoms with Crippen molar-refractivity contribution in [2.45, 2.75) is 26.3 Å². The van der Waals surface area contributed by atoms with Gasteiger partial charge in [-0.3, -0.25) is 4.79 Å². The average Bonchev–Trinajstić information content (AvgIpc) is 2.45. The molecule has 0 saturated heterocycles. The van der Waals surface area contributed by atoms with E-state index in [1.165, 1.54) is 7.11 Å². The highest BCUT2D eigenvalue weighted by molar-refractivity contribution is 5.97. The van der Waals surface area contributed by atoms with Gasteiger partial charge in [0.1, 0.15) is 11.5 Å². The van der Waals surface area contributed by atoms with Gasteiger partial charge in [0.2, 0.25) is 0 Å². The third-order valence-corrected chi connectivity index (χ3v) is 3.21. The van der Waals surface area contributed by atoms with Crippen molar-refractivity contribution in [3.63, 3.8) is 0 Å². The number of methoxy groups -OCH3 is 2. The number of hydrogen-bond acceptors (Lipinski definition) is 4. The van der Waals surface area contributed by atoms with Gasteiger partial charge >= 0.3 is 0 Å². The second-order valence-electron chi connectivity index (χ2n) is 4.90. The largest absolute Gasteiger partial charge is 0.497 e. The molecule has 0 aliphatic carbocycles. The average molecular weight is 281 g/mol. The van der Waals surface area contributed by atoms with Crippen molar-refractivity contribution in [1.82, 2.24) is 5.32 Å². The van der Waals surface area contributed by atoms with Crippen molar-refractivity contribution in [3.8, 4) is 11.5 Å². The van der Waals surface area contributed by atoms with E-state index in [9.17, 15) is 4.79 Å². The van der Waals surface area contributed by atoms with Gasteiger partial charge in [0.05, 0.1) is 19.8 Å². The van der Waals surface area contributed by atoms with Crippen LogP contribution in [0.5, 0.6) is 11.5 Å². The molecule has 0 heterocycles. The van der Waals surface area contributed by atoms with E-state index < -0.39 is 0 Å². The van der Waals surface area contributed by atoms with Crippen LogP contribution in [0.2, 0.25) is 0 Å². The SMILES string of the molecule is COc1ccc(OC)c(C(=O)NC(CCO)C(C)C)c1. The number of aliphatic hydroxyl groups is 1. The second-order valence-corrected chi connectivity index (χ2v) is 4.90. The molecule has 0 aliphatic heterocycles. The van der Waals surface area contributed by atoms with Crippen LogP contribution < -0.4 is 14.8 Å². The molecule has 0 fully saturated rings. The Kier molecular flexibility index (Phi) is 6.31. The summed E-state index contributed by atoms with van der Waals surface area (Å²) >= 11 is 0. The molecule has 1 atom stereocenters. The highest BCUT2D eigenvalue weighted by Crippen LogP contribution is 2.24. The van der Waals surface area contributed by atoms with Crippen LogP contribution in [0.15, 0.2) is 18.2 Å². The smallest absolute Gasteiger partial charge is 0.255 e. The molecule has 1 unspecified atom stereocenters. The predicted molar refractivity (Wildman–Crippen MR) is 77.3 cm³/mol. The first-order chi connectivity index (χ1) is 9.53. The van der Waals surface area contributed by atoms with E-state index in [0.29, 0.717) is 23.5 Å². The van der Waals surface area contributed by atoms with Gasteiger partial charge < -0.3 is 19.9 Å². The van der Waals surface area contributed by atoms with Gasteiger partial charge in [-0.1, -0.05) is 13.8 Å². The van der Waals surface area contributed by atoms with Gasteiger partial charge in [-0.2, -0.15) is 0 Å². The number of nitrogens with one attached hydrogen (secondary N) is 1. The Morgan fingerprint density at radius 3 is 2.50 bits per heavy atom. The molecule has 0 radical (unpaired) electrons. The topological polar surface area (TPSA) is 67.8 Å². The van der Waals surface area contributed by atoms with E-state index in [1.807, 2.05) is 13.8 Å². The Morgan fingerprint density at radius 1 is 1.30 bits per heavy atom. The molecule has 1 rings (SSSR count). The van der Waals surface area contributed by atoms with Crippen molar-refractivity contribution in [2.24, 2.45) is 5.92 Å². The van der Waals surface area contributed by atoms with Crippen molar-refractivity contribution < 1.29 is 19.4 Å². The van der Waals surface area contributed by atoms with E-state index in [4.69, 9.17) is 14.6 Å². The molecule has 0 spiro atoms. The fourth-order valence-electron chi connectivity index (χ4n) is 1.95. The predicted octanol–water partition coefficient (Wildman–Crippen LogP) is 1.84. The lowest BCUT2D eigenvalue weighted by molar-refractivity contribution is 0.0913. The van der Waals surface area contributed by atoms with Gasteiger partial charge in [0.15, 0.2) is 0 Å². The number of benzene rings is 1. The summed E-state index contributed by atoms with van der Waals surface area (Å²) < 4.78 is 10.3. The van der Waals surface area contributed by atoms with Crippen molar-refractivity contribution >= 4 is 5.91 Å². The van der Waals surface area contributed by atoms with E-state index in [0.717, 1.165) is 0 Å². The van der Waals surface area contributed by atoms with Crippen molar-refractivity contribution in [1.29, 1.82) is 0 Å². The lowest BCUT2D eigenvalue weighted by Crippen LogP contribution is -2.39. The molecule has 5 nitrogen and oxygen atoms in total. The Balaban J connectivity index is 2.95. The fourth-order valence-corrected chi connectivity index (χ4v) is 1.95. The number of carbonyl (C=O) groups excluding carboxylic acids is 1. The number of aliphatic hydroxyl groups excluding tert-OH is 1. The second kappa shape index (κ2) is 7.75. The summed E-state index contributed by atoms with van der Waals surface area (Å²) in [6.07, 6.45) is 0.524. The van der Waals surface area contributed by atoms with E-state index >= 15 is 0 Å². The van der Waals surface area contributed by atoms with Gasteiger partial charge in [0, 0.05) is 12.6 Å². The molecule has 0 aliphatic rings. The molecular weight excluding hydrogens is 258 g/mol. The first-order valence-electron chi connectivity index (χ1n) is 6.67. The molecule has 2 N–H and O–H groups in total. The minimum Gasteiger partial charge on any atom is -0.497 e. The van der Waals surface area contributed by atoms with E-state index in [-0.39, 0.29) is 24.5 Å². The van der Waals surface area contributed by atoms with Crippen LogP contribution in [-0.4, -0.2) is 37.9 Å². The highest BCUT2D eigenvalue weighted by Gasteiger charge is 2.19. The molecule has 5 heteroatoms. The minimum atomic E-state index is -0.229. The summed E-state index contributed by atoms with van der Waals surface area (Å²) in [6, 6.07) is 5.00. The number of carbonyl (C=O) groups is 1. The number of ether oxygens (including phenoxy) is 2. The van der Waals surface area contributed by atoms with Gasteiger partial charge in [-0.05, 0) is 30.5 Å². The summed E-state index contributed by atoms with van der Waals surface area (Å²) in [5, 5.41) is 12.0. The van der Waals surface area contributed by atoms with Crippen LogP contribution in [0.25, 0.3) is 0 Å². The van der Waals surface area contributed by atoms with E-state index in [1.54, 1.807) is 25.3 Å². The van der Waals surface area contributed by atoms with Crippen LogP contribution in [-0.2, 0) is 0 Å². The number of rotatable bonds is 7. The van der Waals surface area contributed by atoms with Crippen LogP contribution >= 0.6 is 0 Å². The molecular formula is C15H23NO4. The van der Waals surface area contributed by atoms with Crippen molar-refractivity contribution in [2.75, 3.05) is 20.8 Å². The maximum absolute atomic E-state index is 12.4. The summed E-state index contributed by atoms with van der Waals surface area (Å²) in [5.74, 6) is 1.10. The number of amides is 1. The zero-order chi connectivity index (χ0) is 15.1. The zero-order valence-corrected chi connectivity index (χ0v) is 12.5. The van der Waals surface area contributed by atoms with Gasteiger partial charge in [-0.15, -0.1) is 0 Å². The van der Waals surface area contributed by atoms with Crippen LogP contribution in [0.4, 0.5) is 0 Å². The molecule has 0 bridgehead atoms. The molecule has 1 aromatic rings. The molecule has 0 aromatic heterocycles.